The standard InChI is InChI=1S/C23H21N5O2S/c24-31(29,30)20-13-11-17(12-14-20)15-16-25-23-26-21(18-7-3-1-4-8-18)22(27-28-23)19-9-5-2-6-10-19/h1-14H,15-16H2,(H2,24,29,30)(H,25,26,28). The Morgan fingerprint density at radius 2 is 1.32 bits per heavy atom. The number of nitrogens with one attached hydrogen (secondary N) is 1. The summed E-state index contributed by atoms with van der Waals surface area (Å²) in [5.41, 5.74) is 4.34. The Balaban J connectivity index is 1.53. The number of primary sulfonamides is 1. The van der Waals surface area contributed by atoms with Crippen LogP contribution in [0, 0.1) is 0 Å². The van der Waals surface area contributed by atoms with Crippen LogP contribution in [0.5, 0.6) is 0 Å². The quantitative estimate of drug-likeness (QED) is 0.463. The summed E-state index contributed by atoms with van der Waals surface area (Å²) in [6.45, 7) is 0.565. The fourth-order valence-electron chi connectivity index (χ4n) is 3.15. The van der Waals surface area contributed by atoms with E-state index in [-0.39, 0.29) is 4.90 Å². The van der Waals surface area contributed by atoms with E-state index < -0.39 is 10.0 Å². The molecule has 8 heteroatoms. The van der Waals surface area contributed by atoms with Gasteiger partial charge in [-0.2, -0.15) is 0 Å². The van der Waals surface area contributed by atoms with Crippen molar-refractivity contribution in [3.8, 4) is 22.5 Å². The summed E-state index contributed by atoms with van der Waals surface area (Å²) in [7, 11) is -3.69. The Kier molecular flexibility index (Phi) is 6.01. The second kappa shape index (κ2) is 9.03. The predicted octanol–water partition coefficient (Wildman–Crippen LogP) is 3.51. The zero-order valence-corrected chi connectivity index (χ0v) is 17.5. The molecule has 3 aromatic carbocycles. The van der Waals surface area contributed by atoms with Crippen LogP contribution >= 0.6 is 0 Å². The maximum absolute atomic E-state index is 11.4. The number of nitrogens with zero attached hydrogens (tertiary/aromatic N) is 3. The number of hydrogen-bond acceptors (Lipinski definition) is 6. The summed E-state index contributed by atoms with van der Waals surface area (Å²) in [5, 5.41) is 17.0. The van der Waals surface area contributed by atoms with Crippen molar-refractivity contribution in [2.24, 2.45) is 5.14 Å². The highest BCUT2D eigenvalue weighted by Crippen LogP contribution is 2.28. The summed E-state index contributed by atoms with van der Waals surface area (Å²) < 4.78 is 22.7. The first-order chi connectivity index (χ1) is 15.0. The van der Waals surface area contributed by atoms with Gasteiger partial charge < -0.3 is 5.32 Å². The lowest BCUT2D eigenvalue weighted by Gasteiger charge is -2.11. The van der Waals surface area contributed by atoms with Gasteiger partial charge in [0.05, 0.1) is 4.90 Å². The van der Waals surface area contributed by atoms with Crippen molar-refractivity contribution in [2.75, 3.05) is 11.9 Å². The smallest absolute Gasteiger partial charge is 0.243 e. The maximum atomic E-state index is 11.4. The minimum absolute atomic E-state index is 0.0979. The molecule has 0 atom stereocenters. The molecule has 3 N–H and O–H groups in total. The zero-order chi connectivity index (χ0) is 21.7. The van der Waals surface area contributed by atoms with Crippen LogP contribution in [0.15, 0.2) is 89.8 Å². The fraction of sp³-hybridized carbons (Fsp3) is 0.0870. The van der Waals surface area contributed by atoms with Gasteiger partial charge in [0.2, 0.25) is 16.0 Å². The van der Waals surface area contributed by atoms with Gasteiger partial charge in [-0.3, -0.25) is 0 Å². The number of hydrogen-bond donors (Lipinski definition) is 2. The van der Waals surface area contributed by atoms with E-state index in [0.717, 1.165) is 28.1 Å². The van der Waals surface area contributed by atoms with Crippen molar-refractivity contribution < 1.29 is 8.42 Å². The van der Waals surface area contributed by atoms with Crippen LogP contribution in [0.25, 0.3) is 22.5 Å². The molecular formula is C23H21N5O2S. The van der Waals surface area contributed by atoms with Gasteiger partial charge in [0.1, 0.15) is 11.4 Å². The van der Waals surface area contributed by atoms with E-state index in [2.05, 4.69) is 15.5 Å². The number of nitrogens with two attached hydrogens (primary N) is 1. The Morgan fingerprint density at radius 3 is 1.90 bits per heavy atom. The maximum Gasteiger partial charge on any atom is 0.243 e. The van der Waals surface area contributed by atoms with Gasteiger partial charge in [-0.1, -0.05) is 72.8 Å². The van der Waals surface area contributed by atoms with E-state index in [9.17, 15) is 8.42 Å². The third-order valence-corrected chi connectivity index (χ3v) is 5.66. The Bertz CT molecular complexity index is 1260. The number of anilines is 1. The number of sulfonamides is 1. The van der Waals surface area contributed by atoms with Crippen molar-refractivity contribution in [3.05, 3.63) is 90.5 Å². The molecule has 0 saturated carbocycles. The molecule has 0 aliphatic rings. The molecule has 1 heterocycles. The van der Waals surface area contributed by atoms with Crippen molar-refractivity contribution in [1.82, 2.24) is 15.2 Å². The van der Waals surface area contributed by atoms with Gasteiger partial charge in [0, 0.05) is 17.7 Å². The lowest BCUT2D eigenvalue weighted by molar-refractivity contribution is 0.598. The van der Waals surface area contributed by atoms with Gasteiger partial charge in [-0.25, -0.2) is 18.5 Å². The minimum atomic E-state index is -3.69. The van der Waals surface area contributed by atoms with Gasteiger partial charge >= 0.3 is 0 Å². The largest absolute Gasteiger partial charge is 0.353 e. The first kappa shape index (κ1) is 20.6. The molecule has 156 valence electrons. The average Bonchev–Trinajstić information content (AvgIpc) is 2.80. The van der Waals surface area contributed by atoms with E-state index in [0.29, 0.717) is 18.9 Å². The molecule has 0 saturated heterocycles. The summed E-state index contributed by atoms with van der Waals surface area (Å²) in [4.78, 5) is 4.81. The molecular weight excluding hydrogens is 410 g/mol. The van der Waals surface area contributed by atoms with E-state index in [1.54, 1.807) is 12.1 Å². The minimum Gasteiger partial charge on any atom is -0.353 e. The molecule has 0 aliphatic heterocycles. The second-order valence-electron chi connectivity index (χ2n) is 6.93. The van der Waals surface area contributed by atoms with Crippen LogP contribution in [0.2, 0.25) is 0 Å². The number of rotatable bonds is 7. The van der Waals surface area contributed by atoms with E-state index in [1.165, 1.54) is 12.1 Å². The molecule has 4 rings (SSSR count). The first-order valence-electron chi connectivity index (χ1n) is 9.72. The summed E-state index contributed by atoms with van der Waals surface area (Å²) in [5.74, 6) is 0.430. The van der Waals surface area contributed by atoms with Gasteiger partial charge in [0.25, 0.3) is 0 Å². The normalized spacial score (nSPS) is 11.3. The van der Waals surface area contributed by atoms with Crippen LogP contribution in [-0.4, -0.2) is 30.1 Å². The summed E-state index contributed by atoms with van der Waals surface area (Å²) >= 11 is 0. The molecule has 1 aromatic heterocycles. The van der Waals surface area contributed by atoms with Crippen molar-refractivity contribution in [3.63, 3.8) is 0 Å². The highest BCUT2D eigenvalue weighted by atomic mass is 32.2. The monoisotopic (exact) mass is 431 g/mol. The molecule has 0 radical (unpaired) electrons. The number of benzene rings is 3. The Morgan fingerprint density at radius 1 is 0.742 bits per heavy atom. The van der Waals surface area contributed by atoms with E-state index >= 15 is 0 Å². The van der Waals surface area contributed by atoms with Crippen LogP contribution in [0.1, 0.15) is 5.56 Å². The predicted molar refractivity (Wildman–Crippen MR) is 121 cm³/mol. The number of aromatic nitrogens is 3. The highest BCUT2D eigenvalue weighted by Gasteiger charge is 2.13. The van der Waals surface area contributed by atoms with Crippen LogP contribution < -0.4 is 10.5 Å². The lowest BCUT2D eigenvalue weighted by Crippen LogP contribution is -2.12. The van der Waals surface area contributed by atoms with E-state index in [4.69, 9.17) is 10.1 Å². The van der Waals surface area contributed by atoms with E-state index in [1.807, 2.05) is 60.7 Å². The van der Waals surface area contributed by atoms with Gasteiger partial charge in [-0.15, -0.1) is 10.2 Å². The van der Waals surface area contributed by atoms with Crippen molar-refractivity contribution in [2.45, 2.75) is 11.3 Å². The molecule has 7 nitrogen and oxygen atoms in total. The molecule has 31 heavy (non-hydrogen) atoms. The molecule has 4 aromatic rings. The van der Waals surface area contributed by atoms with Gasteiger partial charge in [0.15, 0.2) is 0 Å². The van der Waals surface area contributed by atoms with Crippen LogP contribution in [0.4, 0.5) is 5.95 Å². The van der Waals surface area contributed by atoms with Gasteiger partial charge in [-0.05, 0) is 24.1 Å². The molecule has 0 amide bonds. The SMILES string of the molecule is NS(=O)(=O)c1ccc(CCNc2nnc(-c3ccccc3)c(-c3ccccc3)n2)cc1. The third kappa shape index (κ3) is 5.11. The Hall–Kier alpha value is -3.62. The van der Waals surface area contributed by atoms with Crippen LogP contribution in [-0.2, 0) is 16.4 Å². The first-order valence-corrected chi connectivity index (χ1v) is 11.3. The molecule has 0 spiro atoms. The van der Waals surface area contributed by atoms with Crippen molar-refractivity contribution >= 4 is 16.0 Å². The highest BCUT2D eigenvalue weighted by molar-refractivity contribution is 7.89. The topological polar surface area (TPSA) is 111 Å². The van der Waals surface area contributed by atoms with Crippen molar-refractivity contribution in [1.29, 1.82) is 0 Å². The second-order valence-corrected chi connectivity index (χ2v) is 8.49. The molecule has 0 unspecified atom stereocenters. The lowest BCUT2D eigenvalue weighted by atomic mass is 10.0. The molecule has 0 bridgehead atoms. The summed E-state index contributed by atoms with van der Waals surface area (Å²) in [6, 6.07) is 26.2. The summed E-state index contributed by atoms with van der Waals surface area (Å²) in [6.07, 6.45) is 0.662. The Labute approximate surface area is 181 Å². The average molecular weight is 432 g/mol. The molecule has 0 fully saturated rings. The third-order valence-electron chi connectivity index (χ3n) is 4.73. The fourth-order valence-corrected chi connectivity index (χ4v) is 3.67. The van der Waals surface area contributed by atoms with Crippen LogP contribution in [0.3, 0.4) is 0 Å². The zero-order valence-electron chi connectivity index (χ0n) is 16.6. The molecule has 0 aliphatic carbocycles.